The Morgan fingerprint density at radius 3 is 2.44 bits per heavy atom. The Hall–Kier alpha value is -0.0800. The molecule has 94 valence electrons. The fourth-order valence-electron chi connectivity index (χ4n) is 3.47. The standard InChI is InChI=1S/C14H27NO/c1-3-5-11-6-9-13(16)10-14(11)15(4-2)12-7-8-12/h11-14,16H,3-10H2,1-2H3. The Labute approximate surface area is 100 Å². The van der Waals surface area contributed by atoms with E-state index < -0.39 is 0 Å². The minimum absolute atomic E-state index is 0.0362. The van der Waals surface area contributed by atoms with Crippen molar-refractivity contribution in [2.24, 2.45) is 5.92 Å². The van der Waals surface area contributed by atoms with E-state index in [9.17, 15) is 5.11 Å². The van der Waals surface area contributed by atoms with Crippen LogP contribution >= 0.6 is 0 Å². The van der Waals surface area contributed by atoms with Crippen molar-refractivity contribution in [3.8, 4) is 0 Å². The normalized spacial score (nSPS) is 35.6. The zero-order valence-electron chi connectivity index (χ0n) is 10.9. The highest BCUT2D eigenvalue weighted by molar-refractivity contribution is 4.93. The van der Waals surface area contributed by atoms with Gasteiger partial charge in [-0.3, -0.25) is 4.90 Å². The van der Waals surface area contributed by atoms with Gasteiger partial charge < -0.3 is 5.11 Å². The smallest absolute Gasteiger partial charge is 0.0555 e. The van der Waals surface area contributed by atoms with Crippen molar-refractivity contribution in [3.05, 3.63) is 0 Å². The van der Waals surface area contributed by atoms with Crippen molar-refractivity contribution in [2.45, 2.75) is 77.0 Å². The molecule has 2 saturated carbocycles. The largest absolute Gasteiger partial charge is 0.393 e. The number of nitrogens with zero attached hydrogens (tertiary/aromatic N) is 1. The average Bonchev–Trinajstić information content (AvgIpc) is 3.07. The van der Waals surface area contributed by atoms with Gasteiger partial charge in [-0.25, -0.2) is 0 Å². The Kier molecular flexibility index (Phi) is 4.26. The van der Waals surface area contributed by atoms with Crippen molar-refractivity contribution < 1.29 is 5.11 Å². The monoisotopic (exact) mass is 225 g/mol. The summed E-state index contributed by atoms with van der Waals surface area (Å²) in [5.41, 5.74) is 0. The average molecular weight is 225 g/mol. The van der Waals surface area contributed by atoms with E-state index in [4.69, 9.17) is 0 Å². The Morgan fingerprint density at radius 1 is 1.12 bits per heavy atom. The van der Waals surface area contributed by atoms with Gasteiger partial charge in [-0.05, 0) is 51.0 Å². The summed E-state index contributed by atoms with van der Waals surface area (Å²) in [6.07, 6.45) is 8.67. The van der Waals surface area contributed by atoms with Gasteiger partial charge in [0.1, 0.15) is 0 Å². The van der Waals surface area contributed by atoms with Crippen LogP contribution in [0.1, 0.15) is 58.8 Å². The second-order valence-corrected chi connectivity index (χ2v) is 5.64. The third kappa shape index (κ3) is 2.78. The molecule has 2 rings (SSSR count). The van der Waals surface area contributed by atoms with E-state index in [0.717, 1.165) is 24.8 Å². The van der Waals surface area contributed by atoms with Crippen molar-refractivity contribution >= 4 is 0 Å². The Balaban J connectivity index is 1.99. The molecule has 16 heavy (non-hydrogen) atoms. The minimum Gasteiger partial charge on any atom is -0.393 e. The maximum atomic E-state index is 9.89. The van der Waals surface area contributed by atoms with Crippen molar-refractivity contribution in [2.75, 3.05) is 6.54 Å². The predicted octanol–water partition coefficient (Wildman–Crippen LogP) is 2.80. The lowest BCUT2D eigenvalue weighted by molar-refractivity contribution is 0.0222. The van der Waals surface area contributed by atoms with Crippen LogP contribution in [0.5, 0.6) is 0 Å². The van der Waals surface area contributed by atoms with E-state index >= 15 is 0 Å². The molecule has 0 radical (unpaired) electrons. The molecule has 0 saturated heterocycles. The van der Waals surface area contributed by atoms with Crippen LogP contribution in [-0.2, 0) is 0 Å². The third-order valence-electron chi connectivity index (χ3n) is 4.39. The van der Waals surface area contributed by atoms with Gasteiger partial charge >= 0.3 is 0 Å². The maximum Gasteiger partial charge on any atom is 0.0555 e. The zero-order chi connectivity index (χ0) is 11.5. The second-order valence-electron chi connectivity index (χ2n) is 5.64. The summed E-state index contributed by atoms with van der Waals surface area (Å²) in [4.78, 5) is 2.68. The molecule has 0 amide bonds. The molecule has 0 bridgehead atoms. The lowest BCUT2D eigenvalue weighted by Gasteiger charge is -2.41. The van der Waals surface area contributed by atoms with Crippen LogP contribution < -0.4 is 0 Å². The Morgan fingerprint density at radius 2 is 1.88 bits per heavy atom. The van der Waals surface area contributed by atoms with Gasteiger partial charge in [0.15, 0.2) is 0 Å². The lowest BCUT2D eigenvalue weighted by atomic mass is 9.79. The highest BCUT2D eigenvalue weighted by atomic mass is 16.3. The molecule has 2 fully saturated rings. The van der Waals surface area contributed by atoms with E-state index in [2.05, 4.69) is 18.7 Å². The number of rotatable bonds is 5. The van der Waals surface area contributed by atoms with Gasteiger partial charge in [0.25, 0.3) is 0 Å². The molecule has 2 aliphatic rings. The zero-order valence-corrected chi connectivity index (χ0v) is 10.9. The summed E-state index contributed by atoms with van der Waals surface area (Å²) in [5, 5.41) is 9.89. The minimum atomic E-state index is -0.0362. The molecular formula is C14H27NO. The Bertz CT molecular complexity index is 215. The number of aliphatic hydroxyl groups is 1. The topological polar surface area (TPSA) is 23.5 Å². The number of hydrogen-bond donors (Lipinski definition) is 1. The molecule has 0 aromatic heterocycles. The van der Waals surface area contributed by atoms with E-state index in [-0.39, 0.29) is 6.10 Å². The third-order valence-corrected chi connectivity index (χ3v) is 4.39. The second kappa shape index (κ2) is 5.50. The summed E-state index contributed by atoms with van der Waals surface area (Å²) in [6.45, 7) is 5.74. The summed E-state index contributed by atoms with van der Waals surface area (Å²) in [7, 11) is 0. The van der Waals surface area contributed by atoms with Crippen LogP contribution in [0.3, 0.4) is 0 Å². The molecule has 1 N–H and O–H groups in total. The SMILES string of the molecule is CCCC1CCC(O)CC1N(CC)C1CC1. The predicted molar refractivity (Wildman–Crippen MR) is 67.4 cm³/mol. The summed E-state index contributed by atoms with van der Waals surface area (Å²) in [6, 6.07) is 1.51. The molecule has 0 spiro atoms. The van der Waals surface area contributed by atoms with Crippen LogP contribution in [0.25, 0.3) is 0 Å². The van der Waals surface area contributed by atoms with Gasteiger partial charge in [-0.15, -0.1) is 0 Å². The first-order valence-electron chi connectivity index (χ1n) is 7.20. The molecule has 2 aliphatic carbocycles. The first kappa shape index (κ1) is 12.4. The fraction of sp³-hybridized carbons (Fsp3) is 1.00. The number of hydrogen-bond acceptors (Lipinski definition) is 2. The molecule has 2 heteroatoms. The van der Waals surface area contributed by atoms with E-state index in [0.29, 0.717) is 6.04 Å². The maximum absolute atomic E-state index is 9.89. The molecular weight excluding hydrogens is 198 g/mol. The molecule has 3 unspecified atom stereocenters. The van der Waals surface area contributed by atoms with E-state index in [1.165, 1.54) is 38.6 Å². The van der Waals surface area contributed by atoms with Crippen LogP contribution in [-0.4, -0.2) is 34.7 Å². The van der Waals surface area contributed by atoms with E-state index in [1.807, 2.05) is 0 Å². The highest BCUT2D eigenvalue weighted by Gasteiger charge is 2.39. The molecule has 0 aromatic carbocycles. The summed E-state index contributed by atoms with van der Waals surface area (Å²) in [5.74, 6) is 0.842. The fourth-order valence-corrected chi connectivity index (χ4v) is 3.47. The van der Waals surface area contributed by atoms with Crippen molar-refractivity contribution in [1.82, 2.24) is 4.90 Å². The summed E-state index contributed by atoms with van der Waals surface area (Å²) < 4.78 is 0. The van der Waals surface area contributed by atoms with Gasteiger partial charge in [0, 0.05) is 12.1 Å². The first-order valence-corrected chi connectivity index (χ1v) is 7.20. The molecule has 2 nitrogen and oxygen atoms in total. The summed E-state index contributed by atoms with van der Waals surface area (Å²) >= 11 is 0. The molecule has 0 aliphatic heterocycles. The van der Waals surface area contributed by atoms with Crippen LogP contribution in [0.4, 0.5) is 0 Å². The molecule has 0 aromatic rings. The van der Waals surface area contributed by atoms with Gasteiger partial charge in [0.05, 0.1) is 6.10 Å². The quantitative estimate of drug-likeness (QED) is 0.777. The van der Waals surface area contributed by atoms with Gasteiger partial charge in [0.2, 0.25) is 0 Å². The highest BCUT2D eigenvalue weighted by Crippen LogP contribution is 2.37. The van der Waals surface area contributed by atoms with E-state index in [1.54, 1.807) is 0 Å². The number of aliphatic hydroxyl groups excluding tert-OH is 1. The van der Waals surface area contributed by atoms with Crippen molar-refractivity contribution in [1.29, 1.82) is 0 Å². The lowest BCUT2D eigenvalue weighted by Crippen LogP contribution is -2.46. The first-order chi connectivity index (χ1) is 7.76. The van der Waals surface area contributed by atoms with Gasteiger partial charge in [-0.2, -0.15) is 0 Å². The van der Waals surface area contributed by atoms with Crippen LogP contribution in [0.15, 0.2) is 0 Å². The van der Waals surface area contributed by atoms with Crippen LogP contribution in [0, 0.1) is 5.92 Å². The molecule has 0 heterocycles. The molecule has 3 atom stereocenters. The van der Waals surface area contributed by atoms with Crippen molar-refractivity contribution in [3.63, 3.8) is 0 Å². The van der Waals surface area contributed by atoms with Crippen LogP contribution in [0.2, 0.25) is 0 Å². The van der Waals surface area contributed by atoms with Gasteiger partial charge in [-0.1, -0.05) is 20.3 Å².